The molecule has 2 amide bonds. The van der Waals surface area contributed by atoms with Crippen molar-refractivity contribution in [2.75, 3.05) is 225 Å². The van der Waals surface area contributed by atoms with E-state index in [1.807, 2.05) is 13.8 Å². The van der Waals surface area contributed by atoms with Gasteiger partial charge in [0.2, 0.25) is 11.8 Å². The zero-order valence-electron chi connectivity index (χ0n) is 84.0. The molecule has 8 atom stereocenters. The molecule has 2 aromatic heterocycles. The van der Waals surface area contributed by atoms with Crippen LogP contribution in [0, 0.1) is 0 Å². The molecule has 2 heterocycles. The van der Waals surface area contributed by atoms with Gasteiger partial charge in [-0.15, -0.1) is 10.2 Å². The molecule has 0 bridgehead atoms. The fourth-order valence-electron chi connectivity index (χ4n) is 9.07. The number of carbonyl (C=O) groups is 16. The quantitative estimate of drug-likeness (QED) is 0.0118. The van der Waals surface area contributed by atoms with Crippen molar-refractivity contribution in [2.24, 2.45) is 14.1 Å². The maximum absolute atomic E-state index is 11.7. The summed E-state index contributed by atoms with van der Waals surface area (Å²) >= 11 is 0. The fraction of sp³-hybridized carbons (Fsp3) is 0.744. The van der Waals surface area contributed by atoms with Gasteiger partial charge in [0.25, 0.3) is 83.1 Å². The molecular formula is C78H128N8Na4O54P4. The van der Waals surface area contributed by atoms with E-state index in [0.717, 1.165) is 12.8 Å². The van der Waals surface area contributed by atoms with Crippen LogP contribution in [0.3, 0.4) is 0 Å². The molecule has 62 nitrogen and oxygen atoms in total. The summed E-state index contributed by atoms with van der Waals surface area (Å²) in [5, 5.41) is 19.3. The van der Waals surface area contributed by atoms with Crippen LogP contribution in [-0.4, -0.2) is 378 Å². The Balaban J connectivity index is -0.000000450. The Morgan fingerprint density at radius 1 is 0.311 bits per heavy atom. The minimum absolute atomic E-state index is 0. The van der Waals surface area contributed by atoms with E-state index in [4.69, 9.17) is 66.3 Å². The average Bonchev–Trinajstić information content (AvgIpc) is 1.45. The number of nitrogens with zero attached hydrogens (tertiary/aromatic N) is 6. The van der Waals surface area contributed by atoms with E-state index in [2.05, 4.69) is 105 Å². The molecule has 0 aliphatic rings. The van der Waals surface area contributed by atoms with E-state index in [-0.39, 0.29) is 332 Å². The summed E-state index contributed by atoms with van der Waals surface area (Å²) in [5.74, 6) is -3.48. The van der Waals surface area contributed by atoms with Gasteiger partial charge >= 0.3 is 142 Å². The molecule has 0 spiro atoms. The van der Waals surface area contributed by atoms with Crippen molar-refractivity contribution >= 4 is 130 Å². The molecule has 2 aromatic rings. The molecule has 0 saturated heterocycles. The summed E-state index contributed by atoms with van der Waals surface area (Å²) in [6, 6.07) is 0. The Kier molecular flexibility index (Phi) is 109. The first-order valence-electron chi connectivity index (χ1n) is 43.8. The Hall–Kier alpha value is -5.76. The standard InChI is InChI=1S/C21H37O14P.C20H36NO14P.C19H30N3O13P.C18H29N4O13P.4Na/c1-2-7-28-10-11-29-8-3-5-19(24)14-30-12-13-32-21(25)6-4-9-34-36(26,27)35-16-20(33-18-23)15-31-17-22;1-2-5-28-7-8-29-6-3-4-18(24)11-30-9-10-31-14-20(25)21-15-35-36(26,27)34-13-19(33-17-23)12-32-16-22;1-22-10-16(20-21-22)11-32-19(26)4-2-6-29-8-9-31-18(25)5-3-7-34-36(27,28)35-13-17(33-15-24)12-30-14-23;1-22-7-15(20-21-22)8-32-18(26)3-2-4-29-5-6-30-11-17(25)19-12-35-36(27,28)34-10-16(33-14-24)9-31-13-23;;;;/h17-18,20H,2-16H2,1H3,(H,26,27);16-17,19H,2-15H2,1H3,(H,21,25)(H,26,27);10,14-15,17H,2-9,11-13H2,1H3,(H,27,28);7,13-14,16H,2-6,8-12H2,1H3,(H,19,25)(H,27,28);;;;/q;;;;4*+1/p-4. The monoisotopic (exact) mass is 2260 g/mol. The van der Waals surface area contributed by atoms with Crippen LogP contribution in [0.5, 0.6) is 0 Å². The van der Waals surface area contributed by atoms with Crippen LogP contribution in [0.2, 0.25) is 0 Å². The van der Waals surface area contributed by atoms with Gasteiger partial charge in [0.15, 0.2) is 36.0 Å². The maximum atomic E-state index is 11.7. The minimum atomic E-state index is -4.84. The van der Waals surface area contributed by atoms with Crippen LogP contribution in [0.15, 0.2) is 12.4 Å². The van der Waals surface area contributed by atoms with Crippen LogP contribution < -0.4 is 148 Å². The number of hydrogen-bond acceptors (Lipinski definition) is 58. The molecule has 0 radical (unpaired) electrons. The third kappa shape index (κ3) is 103. The predicted molar refractivity (Wildman–Crippen MR) is 464 cm³/mol. The Bertz CT molecular complexity index is 4000. The van der Waals surface area contributed by atoms with Gasteiger partial charge in [0, 0.05) is 92.3 Å². The number of phosphoric ester groups is 4. The van der Waals surface area contributed by atoms with E-state index in [0.29, 0.717) is 103 Å². The van der Waals surface area contributed by atoms with Gasteiger partial charge < -0.3 is 162 Å². The maximum Gasteiger partial charge on any atom is 1.00 e. The number of ketones is 2. The van der Waals surface area contributed by atoms with Crippen LogP contribution in [0.25, 0.3) is 0 Å². The number of nitrogens with one attached hydrogen (secondary N) is 2. The Labute approximate surface area is 940 Å². The van der Waals surface area contributed by atoms with E-state index in [1.165, 1.54) is 9.36 Å². The number of amides is 2. The summed E-state index contributed by atoms with van der Waals surface area (Å²) in [6.07, 6.45) is 3.44. The van der Waals surface area contributed by atoms with Gasteiger partial charge in [-0.25, -0.2) is 0 Å². The summed E-state index contributed by atoms with van der Waals surface area (Å²) in [4.78, 5) is 222. The number of esters is 4. The molecule has 828 valence electrons. The van der Waals surface area contributed by atoms with Crippen molar-refractivity contribution in [3.05, 3.63) is 23.8 Å². The normalized spacial score (nSPS) is 13.0. The smallest absolute Gasteiger partial charge is 0.756 e. The second-order valence-corrected chi connectivity index (χ2v) is 33.3. The predicted octanol–water partition coefficient (Wildman–Crippen LogP) is -15.4. The van der Waals surface area contributed by atoms with E-state index >= 15 is 0 Å². The molecule has 148 heavy (non-hydrogen) atoms. The van der Waals surface area contributed by atoms with Crippen LogP contribution in [0.4, 0.5) is 0 Å². The zero-order chi connectivity index (χ0) is 107. The molecule has 0 aliphatic heterocycles. The number of rotatable bonds is 98. The molecule has 0 aliphatic carbocycles. The first kappa shape index (κ1) is 153. The topological polar surface area (TPSA) is 796 Å². The third-order valence-electron chi connectivity index (χ3n) is 15.6. The molecule has 0 fully saturated rings. The number of ether oxygens (including phenoxy) is 22. The number of hydrogen-bond donors (Lipinski definition) is 2. The Morgan fingerprint density at radius 3 is 0.838 bits per heavy atom. The number of aryl methyl sites for hydroxylation is 2. The first-order valence-corrected chi connectivity index (χ1v) is 49.7. The molecule has 0 saturated carbocycles. The van der Waals surface area contributed by atoms with Crippen molar-refractivity contribution in [1.82, 2.24) is 40.6 Å². The molecular weight excluding hydrogens is 2130 g/mol. The largest absolute Gasteiger partial charge is 1.00 e. The molecule has 2 N–H and O–H groups in total. The summed E-state index contributed by atoms with van der Waals surface area (Å²) < 4.78 is 193. The molecule has 70 heteroatoms. The summed E-state index contributed by atoms with van der Waals surface area (Å²) in [7, 11) is -15.7. The van der Waals surface area contributed by atoms with Gasteiger partial charge in [-0.05, 0) is 51.4 Å². The van der Waals surface area contributed by atoms with Gasteiger partial charge in [-0.1, -0.05) is 24.3 Å². The van der Waals surface area contributed by atoms with Crippen molar-refractivity contribution < 1.29 is 373 Å². The zero-order valence-corrected chi connectivity index (χ0v) is 95.5. The Morgan fingerprint density at radius 2 is 0.561 bits per heavy atom. The number of carbonyl (C=O) groups excluding carboxylic acids is 16. The number of Topliss-reactive ketones (excluding diaryl/α,β-unsaturated/α-hetero) is 2. The van der Waals surface area contributed by atoms with Crippen molar-refractivity contribution in [1.29, 1.82) is 0 Å². The van der Waals surface area contributed by atoms with Crippen molar-refractivity contribution in [3.8, 4) is 0 Å². The van der Waals surface area contributed by atoms with Gasteiger partial charge in [0.1, 0.15) is 104 Å². The van der Waals surface area contributed by atoms with Crippen LogP contribution in [0.1, 0.15) is 115 Å². The van der Waals surface area contributed by atoms with Crippen LogP contribution in [-0.2, 0) is 263 Å². The second-order valence-electron chi connectivity index (χ2n) is 27.6. The number of aromatic nitrogens is 6. The molecule has 0 aromatic carbocycles. The summed E-state index contributed by atoms with van der Waals surface area (Å²) in [5.41, 5.74) is 1.09. The second kappa shape index (κ2) is 106. The van der Waals surface area contributed by atoms with E-state index in [9.17, 15) is 115 Å². The van der Waals surface area contributed by atoms with Crippen molar-refractivity contribution in [3.63, 3.8) is 0 Å². The average molecular weight is 2260 g/mol. The molecule has 8 unspecified atom stereocenters. The van der Waals surface area contributed by atoms with Gasteiger partial charge in [-0.3, -0.25) is 113 Å². The van der Waals surface area contributed by atoms with E-state index < -0.39 is 164 Å². The minimum Gasteiger partial charge on any atom is -0.756 e. The van der Waals surface area contributed by atoms with Crippen molar-refractivity contribution in [2.45, 2.75) is 141 Å². The van der Waals surface area contributed by atoms with Gasteiger partial charge in [-0.2, -0.15) is 0 Å². The fourth-order valence-corrected chi connectivity index (χ4v) is 11.9. The third-order valence-corrected chi connectivity index (χ3v) is 19.4. The van der Waals surface area contributed by atoms with Crippen LogP contribution >= 0.6 is 31.3 Å². The first-order chi connectivity index (χ1) is 69.2. The van der Waals surface area contributed by atoms with E-state index in [1.54, 1.807) is 26.5 Å². The SMILES string of the molecule is CCCOCCOCCCC(=O)COCCOC(=O)CCCOP(=O)([O-])OCC(COC=O)OC=O.CCCOCCOCCCC(=O)COCCOCC(=O)NCOP(=O)([O-])OCC(COC=O)OC=O.Cn1cc(COC(=O)CCCOCCOC(=O)CCCOP(=O)([O-])OCC(COC=O)OC=O)nn1.Cn1cc(COC(=O)CCCOCCOCC(=O)NCOP(=O)([O-])OCC(COC=O)OC=O)nn1.[Na+].[Na+].[Na+].[Na+]. The number of phosphoric acid groups is 4. The molecule has 2 rings (SSSR count). The van der Waals surface area contributed by atoms with Gasteiger partial charge in [0.05, 0.1) is 118 Å². The summed E-state index contributed by atoms with van der Waals surface area (Å²) in [6.45, 7) is 2.79.